The Morgan fingerprint density at radius 2 is 1.18 bits per heavy atom. The van der Waals surface area contributed by atoms with E-state index in [1.807, 2.05) is 0 Å². The molecule has 4 aliphatic rings. The third kappa shape index (κ3) is 11.9. The zero-order valence-corrected chi connectivity index (χ0v) is 34.8. The number of fused-ring (bicyclic) bond motifs is 2. The molecular formula is C25H42I5N2O4V2. The van der Waals surface area contributed by atoms with Gasteiger partial charge in [0.1, 0.15) is 0 Å². The van der Waals surface area contributed by atoms with E-state index in [0.29, 0.717) is 46.2 Å². The number of halogens is 5. The molecule has 6 nitrogen and oxygen atoms in total. The van der Waals surface area contributed by atoms with Crippen molar-refractivity contribution in [3.63, 3.8) is 0 Å². The predicted molar refractivity (Wildman–Crippen MR) is 193 cm³/mol. The molecule has 0 saturated heterocycles. The summed E-state index contributed by atoms with van der Waals surface area (Å²) in [7, 11) is 0.628. The molecule has 0 bridgehead atoms. The fourth-order valence-corrected chi connectivity index (χ4v) is 6.68. The van der Waals surface area contributed by atoms with Crippen LogP contribution in [0.15, 0.2) is 23.3 Å². The van der Waals surface area contributed by atoms with Gasteiger partial charge in [0.15, 0.2) is 0 Å². The Balaban J connectivity index is 0.000000569. The first-order valence-corrected chi connectivity index (χ1v) is 34.8. The third-order valence-corrected chi connectivity index (χ3v) is 8.37. The summed E-state index contributed by atoms with van der Waals surface area (Å²) in [6.07, 6.45) is 11.6. The van der Waals surface area contributed by atoms with Gasteiger partial charge in [-0.3, -0.25) is 9.59 Å². The van der Waals surface area contributed by atoms with Crippen molar-refractivity contribution >= 4 is 112 Å². The monoisotopic (exact) mass is 1170 g/mol. The molecule has 13 heteroatoms. The van der Waals surface area contributed by atoms with E-state index in [4.69, 9.17) is 21.7 Å². The summed E-state index contributed by atoms with van der Waals surface area (Å²) in [6, 6.07) is 0. The van der Waals surface area contributed by atoms with Crippen LogP contribution in [0.3, 0.4) is 0 Å². The first-order chi connectivity index (χ1) is 17.4. The zero-order valence-electron chi connectivity index (χ0n) is 21.2. The number of aliphatic carboxylic acids is 2. The normalized spacial score (nSPS) is 31.4. The Morgan fingerprint density at radius 3 is 1.39 bits per heavy atom. The van der Waals surface area contributed by atoms with Crippen LogP contribution in [-0.2, 0) is 24.0 Å². The third-order valence-electron chi connectivity index (χ3n) is 8.37. The molecule has 2 saturated carbocycles. The van der Waals surface area contributed by atoms with E-state index in [1.54, 1.807) is 0 Å². The van der Waals surface area contributed by atoms with Crippen molar-refractivity contribution in [2.24, 2.45) is 46.0 Å². The number of carbonyl (C=O) groups is 2. The molecule has 6 atom stereocenters. The average molecular weight is 1170 g/mol. The van der Waals surface area contributed by atoms with Crippen LogP contribution in [0.1, 0.15) is 72.6 Å². The number of carboxylic acid groups (broad SMARTS) is 2. The SMILES string of the molecule is C.CCC1=C[C@@H]2[C@H](C1)C[C@]2(CN)CC(=O)O.CCC1=C[C@@H]2[C@H](C1)C[C@]2(CN)CC(=O)O.[I][V]([I])[I].[I][V][I]. The fourth-order valence-electron chi connectivity index (χ4n) is 6.68. The number of nitrogens with two attached hydrogens (primary N) is 2. The summed E-state index contributed by atoms with van der Waals surface area (Å²) >= 11 is 12.1. The van der Waals surface area contributed by atoms with E-state index < -0.39 is 11.9 Å². The van der Waals surface area contributed by atoms with Gasteiger partial charge in [0.25, 0.3) is 0 Å². The molecule has 0 aliphatic heterocycles. The van der Waals surface area contributed by atoms with Crippen LogP contribution in [0.5, 0.6) is 0 Å². The Kier molecular flexibility index (Phi) is 21.9. The summed E-state index contributed by atoms with van der Waals surface area (Å²) < 4.78 is 0. The van der Waals surface area contributed by atoms with Crippen molar-refractivity contribution in [3.05, 3.63) is 23.3 Å². The minimum atomic E-state index is -0.711. The molecule has 0 aromatic heterocycles. The van der Waals surface area contributed by atoms with E-state index in [1.165, 1.54) is 24.0 Å². The maximum atomic E-state index is 10.8. The van der Waals surface area contributed by atoms with Crippen molar-refractivity contribution in [2.45, 2.75) is 72.6 Å². The summed E-state index contributed by atoms with van der Waals surface area (Å²) in [4.78, 5) is 21.4. The van der Waals surface area contributed by atoms with Gasteiger partial charge >= 0.3 is 126 Å². The van der Waals surface area contributed by atoms with Gasteiger partial charge in [-0.2, -0.15) is 0 Å². The van der Waals surface area contributed by atoms with Crippen LogP contribution in [0.2, 0.25) is 0 Å². The summed E-state index contributed by atoms with van der Waals surface area (Å²) in [5.74, 6) is 0.822. The van der Waals surface area contributed by atoms with Gasteiger partial charge in [-0.25, -0.2) is 0 Å². The fraction of sp³-hybridized carbons (Fsp3) is 0.760. The Morgan fingerprint density at radius 1 is 0.895 bits per heavy atom. The van der Waals surface area contributed by atoms with Crippen LogP contribution in [-0.4, -0.2) is 35.2 Å². The predicted octanol–water partition coefficient (Wildman–Crippen LogP) is 8.62. The van der Waals surface area contributed by atoms with Crippen LogP contribution in [0.4, 0.5) is 0 Å². The Labute approximate surface area is 296 Å². The zero-order chi connectivity index (χ0) is 28.4. The molecule has 0 heterocycles. The van der Waals surface area contributed by atoms with Gasteiger partial charge in [0.05, 0.1) is 12.8 Å². The molecule has 38 heavy (non-hydrogen) atoms. The van der Waals surface area contributed by atoms with Crippen molar-refractivity contribution in [3.8, 4) is 0 Å². The summed E-state index contributed by atoms with van der Waals surface area (Å²) in [6.45, 7) is 5.34. The minimum absolute atomic E-state index is 0. The molecule has 4 aliphatic carbocycles. The summed E-state index contributed by atoms with van der Waals surface area (Å²) in [5.41, 5.74) is 14.3. The molecule has 0 spiro atoms. The van der Waals surface area contributed by atoms with E-state index in [0.717, 1.165) is 25.7 Å². The first-order valence-electron chi connectivity index (χ1n) is 12.3. The Bertz CT molecular complexity index is 771. The molecule has 221 valence electrons. The van der Waals surface area contributed by atoms with Crippen LogP contribution >= 0.6 is 99.9 Å². The number of carboxylic acids is 2. The van der Waals surface area contributed by atoms with Gasteiger partial charge in [0, 0.05) is 0 Å². The number of rotatable bonds is 8. The number of hydrogen-bond acceptors (Lipinski definition) is 4. The van der Waals surface area contributed by atoms with Crippen LogP contribution < -0.4 is 11.5 Å². The van der Waals surface area contributed by atoms with Gasteiger partial charge in [-0.15, -0.1) is 0 Å². The number of hydrogen-bond donors (Lipinski definition) is 4. The van der Waals surface area contributed by atoms with E-state index >= 15 is 0 Å². The first kappa shape index (κ1) is 41.2. The van der Waals surface area contributed by atoms with Gasteiger partial charge in [-0.1, -0.05) is 44.6 Å². The summed E-state index contributed by atoms with van der Waals surface area (Å²) in [5, 5.41) is 17.8. The van der Waals surface area contributed by atoms with Crippen LogP contribution in [0.25, 0.3) is 0 Å². The quantitative estimate of drug-likeness (QED) is 0.143. The molecule has 4 rings (SSSR count). The van der Waals surface area contributed by atoms with Crippen molar-refractivity contribution in [2.75, 3.05) is 13.1 Å². The van der Waals surface area contributed by atoms with Gasteiger partial charge in [0.2, 0.25) is 0 Å². The average Bonchev–Trinajstić information content (AvgIpc) is 3.34. The standard InChI is InChI=1S/2C12H19NO2.CH4.5HI.2V/c2*1-2-8-3-9-5-12(7-13,6-11(14)15)10(9)4-8;;;;;;;;/h2*4,9-10H,2-3,5-7,13H2,1H3,(H,14,15);1H4;5*1H;;/q;;;;;;;;+2;+3/p-5/t2*9-,10-,12-;;;;;;;;/m11......../s1. The molecule has 2 fully saturated rings. The molecule has 6 N–H and O–H groups in total. The molecular weight excluding hydrogens is 1130 g/mol. The van der Waals surface area contributed by atoms with Crippen molar-refractivity contribution < 1.29 is 34.2 Å². The second-order valence-electron chi connectivity index (χ2n) is 10.3. The molecule has 0 aromatic rings. The van der Waals surface area contributed by atoms with E-state index in [2.05, 4.69) is 126 Å². The Hall–Kier alpha value is 3.16. The van der Waals surface area contributed by atoms with Gasteiger partial charge < -0.3 is 21.7 Å². The molecule has 0 unspecified atom stereocenters. The second-order valence-corrected chi connectivity index (χ2v) is 57.4. The van der Waals surface area contributed by atoms with Gasteiger partial charge in [-0.05, 0) is 86.1 Å². The van der Waals surface area contributed by atoms with Crippen molar-refractivity contribution in [1.82, 2.24) is 0 Å². The van der Waals surface area contributed by atoms with Crippen molar-refractivity contribution in [1.29, 1.82) is 0 Å². The molecule has 0 aromatic carbocycles. The molecule has 0 amide bonds. The van der Waals surface area contributed by atoms with Crippen LogP contribution in [0, 0.1) is 34.5 Å². The maximum absolute atomic E-state index is 10.8. The van der Waals surface area contributed by atoms with E-state index in [-0.39, 0.29) is 36.0 Å². The second kappa shape index (κ2) is 20.2. The van der Waals surface area contributed by atoms with E-state index in [9.17, 15) is 9.59 Å². The molecule has 0 radical (unpaired) electrons. The number of allylic oxidation sites excluding steroid dienone is 4. The topological polar surface area (TPSA) is 127 Å².